The molecule has 4 rings (SSSR count). The molecule has 2 aromatic heterocycles. The van der Waals surface area contributed by atoms with Crippen LogP contribution in [0.15, 0.2) is 48.8 Å². The molecule has 0 bridgehead atoms. The van der Waals surface area contributed by atoms with E-state index in [-0.39, 0.29) is 18.1 Å². The first kappa shape index (κ1) is 19.0. The van der Waals surface area contributed by atoms with Crippen molar-refractivity contribution in [3.8, 4) is 22.8 Å². The maximum Gasteiger partial charge on any atom is 0.258 e. The normalized spacial score (nSPS) is 14.2. The van der Waals surface area contributed by atoms with Crippen LogP contribution < -0.4 is 14.8 Å². The van der Waals surface area contributed by atoms with Crippen molar-refractivity contribution in [3.05, 3.63) is 60.0 Å². The molecule has 3 heterocycles. The van der Waals surface area contributed by atoms with Crippen LogP contribution in [0.3, 0.4) is 0 Å². The van der Waals surface area contributed by atoms with Crippen LogP contribution in [0.2, 0.25) is 0 Å². The van der Waals surface area contributed by atoms with Crippen molar-refractivity contribution in [2.24, 2.45) is 7.05 Å². The van der Waals surface area contributed by atoms with E-state index in [4.69, 9.17) is 9.47 Å². The van der Waals surface area contributed by atoms with Crippen molar-refractivity contribution in [2.45, 2.75) is 32.4 Å². The van der Waals surface area contributed by atoms with Gasteiger partial charge in [-0.25, -0.2) is 0 Å². The van der Waals surface area contributed by atoms with E-state index in [2.05, 4.69) is 15.4 Å². The molecule has 7 nitrogen and oxygen atoms in total. The highest BCUT2D eigenvalue weighted by Crippen LogP contribution is 2.41. The summed E-state index contributed by atoms with van der Waals surface area (Å²) in [7, 11) is 1.88. The fourth-order valence-electron chi connectivity index (χ4n) is 3.49. The number of hydrogen-bond donors (Lipinski definition) is 1. The number of hydrogen-bond acceptors (Lipinski definition) is 5. The van der Waals surface area contributed by atoms with Gasteiger partial charge in [0, 0.05) is 37.0 Å². The monoisotopic (exact) mass is 392 g/mol. The van der Waals surface area contributed by atoms with Gasteiger partial charge in [-0.05, 0) is 38.1 Å². The van der Waals surface area contributed by atoms with Crippen molar-refractivity contribution in [3.63, 3.8) is 0 Å². The van der Waals surface area contributed by atoms with E-state index in [0.29, 0.717) is 12.3 Å². The molecule has 1 N–H and O–H groups in total. The number of amides is 1. The number of aromatic nitrogens is 3. The summed E-state index contributed by atoms with van der Waals surface area (Å²) in [6, 6.07) is 11.6. The maximum atomic E-state index is 12.3. The Labute approximate surface area is 169 Å². The molecule has 3 aromatic rings. The molecule has 0 atom stereocenters. The number of nitrogens with zero attached hydrogens (tertiary/aromatic N) is 3. The van der Waals surface area contributed by atoms with Crippen LogP contribution >= 0.6 is 0 Å². The average molecular weight is 392 g/mol. The van der Waals surface area contributed by atoms with E-state index < -0.39 is 0 Å². The second-order valence-corrected chi connectivity index (χ2v) is 7.73. The lowest BCUT2D eigenvalue weighted by Gasteiger charge is -2.18. The van der Waals surface area contributed by atoms with Crippen LogP contribution in [0, 0.1) is 0 Å². The Kier molecular flexibility index (Phi) is 4.96. The Bertz CT molecular complexity index is 1030. The van der Waals surface area contributed by atoms with E-state index >= 15 is 0 Å². The molecule has 29 heavy (non-hydrogen) atoms. The van der Waals surface area contributed by atoms with Gasteiger partial charge in [-0.1, -0.05) is 12.1 Å². The van der Waals surface area contributed by atoms with Crippen molar-refractivity contribution in [1.82, 2.24) is 20.1 Å². The van der Waals surface area contributed by atoms with Crippen LogP contribution in [0.1, 0.15) is 25.1 Å². The molecule has 7 heteroatoms. The van der Waals surface area contributed by atoms with Gasteiger partial charge in [-0.15, -0.1) is 0 Å². The lowest BCUT2D eigenvalue weighted by Crippen LogP contribution is -2.28. The number of benzene rings is 1. The molecule has 150 valence electrons. The predicted molar refractivity (Wildman–Crippen MR) is 109 cm³/mol. The third kappa shape index (κ3) is 4.23. The van der Waals surface area contributed by atoms with Gasteiger partial charge in [-0.2, -0.15) is 5.10 Å². The molecule has 0 saturated carbocycles. The number of carbonyl (C=O) groups excluding carboxylic acids is 1. The Morgan fingerprint density at radius 1 is 1.28 bits per heavy atom. The molecular formula is C22H24N4O3. The Morgan fingerprint density at radius 2 is 2.07 bits per heavy atom. The third-order valence-electron chi connectivity index (χ3n) is 4.79. The van der Waals surface area contributed by atoms with Crippen LogP contribution in [-0.2, 0) is 24.8 Å². The molecule has 0 radical (unpaired) electrons. The molecule has 0 fully saturated rings. The van der Waals surface area contributed by atoms with E-state index in [1.807, 2.05) is 57.3 Å². The first-order valence-corrected chi connectivity index (χ1v) is 9.55. The minimum absolute atomic E-state index is 0.0791. The first-order chi connectivity index (χ1) is 13.9. The molecule has 1 aliphatic heterocycles. The minimum Gasteiger partial charge on any atom is -0.483 e. The van der Waals surface area contributed by atoms with Crippen molar-refractivity contribution >= 4 is 5.91 Å². The number of carbonyl (C=O) groups is 1. The van der Waals surface area contributed by atoms with Crippen molar-refractivity contribution in [1.29, 1.82) is 0 Å². The molecule has 0 saturated heterocycles. The second-order valence-electron chi connectivity index (χ2n) is 7.73. The molecule has 1 amide bonds. The standard InChI is InChI=1S/C22H24N4O3/c1-22(2)12-16-5-4-6-19(21(16)29-22)28-14-20(27)24-13-17-11-18(26(3)25-17)15-7-9-23-10-8-15/h4-11H,12-14H2,1-3H3,(H,24,27). The number of rotatable bonds is 6. The molecule has 0 aliphatic carbocycles. The summed E-state index contributed by atoms with van der Waals surface area (Å²) in [6.45, 7) is 4.33. The van der Waals surface area contributed by atoms with E-state index in [0.717, 1.165) is 34.7 Å². The zero-order valence-corrected chi connectivity index (χ0v) is 16.8. The molecular weight excluding hydrogens is 368 g/mol. The summed E-state index contributed by atoms with van der Waals surface area (Å²) in [4.78, 5) is 16.3. The van der Waals surface area contributed by atoms with Crippen molar-refractivity contribution in [2.75, 3.05) is 6.61 Å². The molecule has 0 unspecified atom stereocenters. The van der Waals surface area contributed by atoms with Crippen LogP contribution in [0.4, 0.5) is 0 Å². The fraction of sp³-hybridized carbons (Fsp3) is 0.318. The van der Waals surface area contributed by atoms with Gasteiger partial charge in [-0.3, -0.25) is 14.5 Å². The molecule has 1 aliphatic rings. The number of ether oxygens (including phenoxy) is 2. The summed E-state index contributed by atoms with van der Waals surface area (Å²) in [6.07, 6.45) is 4.31. The first-order valence-electron chi connectivity index (χ1n) is 9.55. The minimum atomic E-state index is -0.254. The highest BCUT2D eigenvalue weighted by Gasteiger charge is 2.32. The predicted octanol–water partition coefficient (Wildman–Crippen LogP) is 2.89. The molecule has 0 spiro atoms. The lowest BCUT2D eigenvalue weighted by molar-refractivity contribution is -0.123. The molecule has 1 aromatic carbocycles. The van der Waals surface area contributed by atoms with Gasteiger partial charge in [0.2, 0.25) is 0 Å². The Hall–Kier alpha value is -3.35. The lowest BCUT2D eigenvalue weighted by atomic mass is 10.0. The third-order valence-corrected chi connectivity index (χ3v) is 4.79. The highest BCUT2D eigenvalue weighted by atomic mass is 16.5. The number of nitrogens with one attached hydrogen (secondary N) is 1. The summed E-state index contributed by atoms with van der Waals surface area (Å²) in [5.74, 6) is 1.12. The van der Waals surface area contributed by atoms with Gasteiger partial charge in [0.15, 0.2) is 18.1 Å². The number of aryl methyl sites for hydroxylation is 1. The van der Waals surface area contributed by atoms with E-state index in [1.54, 1.807) is 17.1 Å². The van der Waals surface area contributed by atoms with Gasteiger partial charge in [0.1, 0.15) is 5.60 Å². The summed E-state index contributed by atoms with van der Waals surface area (Å²) in [5.41, 5.74) is 3.61. The summed E-state index contributed by atoms with van der Waals surface area (Å²) < 4.78 is 13.5. The van der Waals surface area contributed by atoms with Gasteiger partial charge < -0.3 is 14.8 Å². The van der Waals surface area contributed by atoms with Crippen molar-refractivity contribution < 1.29 is 14.3 Å². The Balaban J connectivity index is 1.34. The highest BCUT2D eigenvalue weighted by molar-refractivity contribution is 5.77. The summed E-state index contributed by atoms with van der Waals surface area (Å²) >= 11 is 0. The van der Waals surface area contributed by atoms with Crippen LogP contribution in [-0.4, -0.2) is 32.9 Å². The number of pyridine rings is 1. The SMILES string of the molecule is Cn1nc(CNC(=O)COc2cccc3c2OC(C)(C)C3)cc1-c1ccncc1. The quantitative estimate of drug-likeness (QED) is 0.698. The Morgan fingerprint density at radius 3 is 2.86 bits per heavy atom. The topological polar surface area (TPSA) is 78.3 Å². The number of para-hydroxylation sites is 1. The van der Waals surface area contributed by atoms with E-state index in [9.17, 15) is 4.79 Å². The average Bonchev–Trinajstić information content (AvgIpc) is 3.23. The number of fused-ring (bicyclic) bond motifs is 1. The zero-order chi connectivity index (χ0) is 20.4. The second kappa shape index (κ2) is 7.58. The smallest absolute Gasteiger partial charge is 0.258 e. The largest absolute Gasteiger partial charge is 0.483 e. The van der Waals surface area contributed by atoms with Crippen LogP contribution in [0.5, 0.6) is 11.5 Å². The fourth-order valence-corrected chi connectivity index (χ4v) is 3.49. The van der Waals surface area contributed by atoms with E-state index in [1.165, 1.54) is 0 Å². The van der Waals surface area contributed by atoms with Gasteiger partial charge in [0.25, 0.3) is 5.91 Å². The zero-order valence-electron chi connectivity index (χ0n) is 16.8. The van der Waals surface area contributed by atoms with Crippen LogP contribution in [0.25, 0.3) is 11.3 Å². The van der Waals surface area contributed by atoms with Gasteiger partial charge >= 0.3 is 0 Å². The summed E-state index contributed by atoms with van der Waals surface area (Å²) in [5, 5.41) is 7.31. The van der Waals surface area contributed by atoms with Gasteiger partial charge in [0.05, 0.1) is 17.9 Å². The maximum absolute atomic E-state index is 12.3.